The second-order valence-electron chi connectivity index (χ2n) is 9.44. The second kappa shape index (κ2) is 12.1. The van der Waals surface area contributed by atoms with Gasteiger partial charge in [-0.15, -0.1) is 0 Å². The third-order valence-corrected chi connectivity index (χ3v) is 7.84. The van der Waals surface area contributed by atoms with Gasteiger partial charge in [0.05, 0.1) is 12.2 Å². The molecule has 0 atom stereocenters. The molecular weight excluding hydrogens is 547 g/mol. The van der Waals surface area contributed by atoms with E-state index in [0.717, 1.165) is 42.5 Å². The van der Waals surface area contributed by atoms with Crippen LogP contribution in [0.2, 0.25) is 0 Å². The summed E-state index contributed by atoms with van der Waals surface area (Å²) in [5.74, 6) is -2.00. The van der Waals surface area contributed by atoms with Gasteiger partial charge in [0.2, 0.25) is 0 Å². The molecule has 0 spiro atoms. The molecule has 4 aromatic rings. The Hall–Kier alpha value is -3.90. The van der Waals surface area contributed by atoms with Crippen LogP contribution >= 0.6 is 0 Å². The number of fused-ring (bicyclic) bond motifs is 1. The van der Waals surface area contributed by atoms with Gasteiger partial charge in [0.15, 0.2) is 0 Å². The van der Waals surface area contributed by atoms with E-state index in [9.17, 15) is 21.6 Å². The van der Waals surface area contributed by atoms with E-state index in [1.165, 1.54) is 5.56 Å². The molecule has 40 heavy (non-hydrogen) atoms. The molecule has 3 heterocycles. The molecule has 212 valence electrons. The van der Waals surface area contributed by atoms with E-state index in [0.29, 0.717) is 18.2 Å². The molecular formula is C28H28F3N3O5S. The van der Waals surface area contributed by atoms with Gasteiger partial charge in [-0.2, -0.15) is 21.6 Å². The van der Waals surface area contributed by atoms with Crippen LogP contribution in [0.25, 0.3) is 10.9 Å². The van der Waals surface area contributed by atoms with Gasteiger partial charge in [-0.05, 0) is 86.9 Å². The number of rotatable bonds is 6. The summed E-state index contributed by atoms with van der Waals surface area (Å²) in [4.78, 5) is 15.9. The Kier molecular flexibility index (Phi) is 8.79. The van der Waals surface area contributed by atoms with Crippen molar-refractivity contribution in [1.29, 1.82) is 0 Å². The van der Waals surface area contributed by atoms with Crippen LogP contribution in [0.1, 0.15) is 30.0 Å². The quantitative estimate of drug-likeness (QED) is 0.312. The van der Waals surface area contributed by atoms with Crippen molar-refractivity contribution in [2.24, 2.45) is 0 Å². The van der Waals surface area contributed by atoms with Crippen LogP contribution in [-0.2, 0) is 21.5 Å². The Bertz CT molecular complexity index is 1550. The number of aromatic nitrogens is 2. The molecule has 8 nitrogen and oxygen atoms in total. The highest BCUT2D eigenvalue weighted by Gasteiger charge is 2.38. The lowest BCUT2D eigenvalue weighted by Gasteiger charge is -2.28. The second-order valence-corrected chi connectivity index (χ2v) is 11.0. The van der Waals surface area contributed by atoms with Crippen LogP contribution < -0.4 is 4.18 Å². The van der Waals surface area contributed by atoms with Gasteiger partial charge in [0.1, 0.15) is 10.6 Å². The minimum absolute atomic E-state index is 0.147. The number of nitrogens with zero attached hydrogens (tertiary/aromatic N) is 3. The summed E-state index contributed by atoms with van der Waals surface area (Å²) in [6.45, 7) is 2.76. The van der Waals surface area contributed by atoms with Crippen molar-refractivity contribution in [3.63, 3.8) is 0 Å². The summed E-state index contributed by atoms with van der Waals surface area (Å²) in [6, 6.07) is 19.7. The molecule has 5 rings (SSSR count). The van der Waals surface area contributed by atoms with Crippen molar-refractivity contribution in [1.82, 2.24) is 14.5 Å². The first kappa shape index (κ1) is 29.1. The number of hydrogen-bond donors (Lipinski definition) is 1. The lowest BCUT2D eigenvalue weighted by molar-refractivity contribution is -0.192. The monoisotopic (exact) mass is 575 g/mol. The van der Waals surface area contributed by atoms with E-state index in [-0.39, 0.29) is 4.90 Å². The number of carboxylic acids is 1. The molecule has 1 aliphatic rings. The summed E-state index contributed by atoms with van der Waals surface area (Å²) >= 11 is 0. The van der Waals surface area contributed by atoms with E-state index in [1.54, 1.807) is 42.6 Å². The van der Waals surface area contributed by atoms with Crippen LogP contribution in [-0.4, -0.2) is 60.3 Å². The maximum Gasteiger partial charge on any atom is 0.490 e. The Labute approximate surface area is 229 Å². The normalized spacial score (nSPS) is 14.9. The average molecular weight is 576 g/mol. The Balaban J connectivity index is 0.000000470. The van der Waals surface area contributed by atoms with E-state index in [2.05, 4.69) is 27.7 Å². The highest BCUT2D eigenvalue weighted by Crippen LogP contribution is 2.36. The lowest BCUT2D eigenvalue weighted by Crippen LogP contribution is -2.29. The summed E-state index contributed by atoms with van der Waals surface area (Å²) in [6.07, 6.45) is 1.09. The van der Waals surface area contributed by atoms with Gasteiger partial charge >= 0.3 is 22.3 Å². The van der Waals surface area contributed by atoms with Crippen molar-refractivity contribution < 1.29 is 35.7 Å². The number of likely N-dealkylation sites (tertiary alicyclic amines) is 1. The van der Waals surface area contributed by atoms with Crippen LogP contribution in [0.3, 0.4) is 0 Å². The third kappa shape index (κ3) is 7.19. The van der Waals surface area contributed by atoms with E-state index in [4.69, 9.17) is 14.1 Å². The van der Waals surface area contributed by atoms with E-state index in [1.807, 2.05) is 30.3 Å². The number of aliphatic carboxylic acids is 1. The first-order valence-electron chi connectivity index (χ1n) is 12.4. The molecule has 0 amide bonds. The zero-order chi connectivity index (χ0) is 28.9. The number of pyridine rings is 1. The van der Waals surface area contributed by atoms with Gasteiger partial charge in [-0.3, -0.25) is 4.98 Å². The molecule has 1 N–H and O–H groups in total. The zero-order valence-corrected chi connectivity index (χ0v) is 22.4. The fraction of sp³-hybridized carbons (Fsp3) is 0.286. The molecule has 0 bridgehead atoms. The molecule has 1 saturated heterocycles. The minimum Gasteiger partial charge on any atom is -0.475 e. The maximum atomic E-state index is 12.8. The third-order valence-electron chi connectivity index (χ3n) is 6.58. The number of carbonyl (C=O) groups is 1. The number of carboxylic acid groups (broad SMARTS) is 1. The summed E-state index contributed by atoms with van der Waals surface area (Å²) in [7, 11) is -1.74. The molecule has 1 fully saturated rings. The van der Waals surface area contributed by atoms with Crippen LogP contribution in [0.4, 0.5) is 13.2 Å². The highest BCUT2D eigenvalue weighted by molar-refractivity contribution is 7.87. The fourth-order valence-corrected chi connectivity index (χ4v) is 5.50. The largest absolute Gasteiger partial charge is 0.490 e. The first-order valence-corrected chi connectivity index (χ1v) is 13.9. The van der Waals surface area contributed by atoms with E-state index >= 15 is 0 Å². The predicted octanol–water partition coefficient (Wildman–Crippen LogP) is 5.29. The Morgan fingerprint density at radius 2 is 1.70 bits per heavy atom. The Morgan fingerprint density at radius 1 is 1.05 bits per heavy atom. The van der Waals surface area contributed by atoms with Crippen molar-refractivity contribution in [2.45, 2.75) is 36.4 Å². The summed E-state index contributed by atoms with van der Waals surface area (Å²) in [5, 5.41) is 8.17. The van der Waals surface area contributed by atoms with Crippen LogP contribution in [0.15, 0.2) is 84.0 Å². The molecule has 1 aliphatic heterocycles. The number of piperidine rings is 1. The number of alkyl halides is 3. The molecule has 0 saturated carbocycles. The van der Waals surface area contributed by atoms with Gasteiger partial charge in [-0.25, -0.2) is 4.79 Å². The van der Waals surface area contributed by atoms with Gasteiger partial charge < -0.3 is 18.8 Å². The van der Waals surface area contributed by atoms with Crippen molar-refractivity contribution in [3.8, 4) is 5.75 Å². The van der Waals surface area contributed by atoms with Crippen molar-refractivity contribution in [3.05, 3.63) is 90.4 Å². The highest BCUT2D eigenvalue weighted by atomic mass is 32.2. The molecule has 0 aliphatic carbocycles. The van der Waals surface area contributed by atoms with E-state index < -0.39 is 22.3 Å². The molecule has 0 unspecified atom stereocenters. The number of benzene rings is 2. The molecule has 0 radical (unpaired) electrons. The topological polar surface area (TPSA) is 102 Å². The average Bonchev–Trinajstić information content (AvgIpc) is 3.27. The maximum absolute atomic E-state index is 12.8. The number of hydrogen-bond acceptors (Lipinski definition) is 6. The SMILES string of the molecule is CN1CCC(c2cn(Cc3ccccn3)c3ccc(OS(=O)(=O)c4ccccc4)cc23)CC1.O=C(O)C(F)(F)F. The zero-order valence-electron chi connectivity index (χ0n) is 21.6. The fourth-order valence-electron chi connectivity index (χ4n) is 4.56. The summed E-state index contributed by atoms with van der Waals surface area (Å²) < 4.78 is 65.0. The Morgan fingerprint density at radius 3 is 2.30 bits per heavy atom. The lowest BCUT2D eigenvalue weighted by atomic mass is 9.89. The van der Waals surface area contributed by atoms with Crippen molar-refractivity contribution in [2.75, 3.05) is 20.1 Å². The van der Waals surface area contributed by atoms with Gasteiger partial charge in [0, 0.05) is 23.3 Å². The summed E-state index contributed by atoms with van der Waals surface area (Å²) in [5.41, 5.74) is 3.28. The van der Waals surface area contributed by atoms with Gasteiger partial charge in [-0.1, -0.05) is 24.3 Å². The first-order chi connectivity index (χ1) is 18.9. The minimum atomic E-state index is -5.08. The smallest absolute Gasteiger partial charge is 0.475 e. The van der Waals surface area contributed by atoms with Crippen LogP contribution in [0.5, 0.6) is 5.75 Å². The van der Waals surface area contributed by atoms with Crippen molar-refractivity contribution >= 4 is 27.0 Å². The van der Waals surface area contributed by atoms with Crippen LogP contribution in [0, 0.1) is 0 Å². The standard InChI is InChI=1S/C26H27N3O3S.C2HF3O2/c1-28-15-12-20(13-16-28)25-19-29(18-21-7-5-6-14-27-21)26-11-10-22(17-24(25)26)32-33(30,31)23-8-3-2-4-9-23;3-2(4,5)1(6)7/h2-11,14,17,19-20H,12-13,15-16,18H2,1H3;(H,6,7). The molecule has 2 aromatic carbocycles. The molecule has 2 aromatic heterocycles. The molecule has 12 heteroatoms. The predicted molar refractivity (Wildman–Crippen MR) is 143 cm³/mol. The van der Waals surface area contributed by atoms with Gasteiger partial charge in [0.25, 0.3) is 0 Å². The number of halogens is 3.